The molecule has 19 heavy (non-hydrogen) atoms. The highest BCUT2D eigenvalue weighted by molar-refractivity contribution is 7.71. The first-order valence-electron chi connectivity index (χ1n) is 5.16. The summed E-state index contributed by atoms with van der Waals surface area (Å²) in [5.41, 5.74) is 2.79. The summed E-state index contributed by atoms with van der Waals surface area (Å²) >= 11 is 10.5. The van der Waals surface area contributed by atoms with Gasteiger partial charge in [-0.3, -0.25) is 15.2 Å². The third-order valence-electron chi connectivity index (χ3n) is 2.17. The summed E-state index contributed by atoms with van der Waals surface area (Å²) in [7, 11) is 0. The first-order valence-corrected chi connectivity index (χ1v) is 5.95. The fourth-order valence-corrected chi connectivity index (χ4v) is 1.71. The smallest absolute Gasteiger partial charge is 0.264 e. The van der Waals surface area contributed by atoms with Gasteiger partial charge in [-0.2, -0.15) is 5.10 Å². The molecule has 0 fully saturated rings. The standard InChI is InChI=1S/C11H9ClN4O2S/c12-6-2-1-3-7(4-6)16-13-5-8-9(17)14-11(19)15-10(8)18/h1-5,16H,(H3,14,15,17,18,19)/b13-5+. The Labute approximate surface area is 117 Å². The van der Waals surface area contributed by atoms with Gasteiger partial charge in [0.15, 0.2) is 4.77 Å². The molecule has 2 rings (SSSR count). The third kappa shape index (κ3) is 3.43. The largest absolute Gasteiger partial charge is 0.494 e. The van der Waals surface area contributed by atoms with Crippen molar-refractivity contribution >= 4 is 35.7 Å². The molecule has 0 aliphatic rings. The van der Waals surface area contributed by atoms with Crippen molar-refractivity contribution in [1.29, 1.82) is 0 Å². The van der Waals surface area contributed by atoms with Crippen LogP contribution in [-0.2, 0) is 0 Å². The summed E-state index contributed by atoms with van der Waals surface area (Å²) in [5, 5.41) is 13.9. The van der Waals surface area contributed by atoms with Crippen LogP contribution in [0, 0.1) is 4.77 Å². The molecule has 0 aliphatic heterocycles. The molecule has 6 nitrogen and oxygen atoms in total. The summed E-state index contributed by atoms with van der Waals surface area (Å²) < 4.78 is 0.0439. The van der Waals surface area contributed by atoms with Gasteiger partial charge in [0.2, 0.25) is 5.88 Å². The number of hydrogen-bond acceptors (Lipinski definition) is 5. The number of H-pyrrole nitrogens is 2. The topological polar surface area (TPSA) is 93.3 Å². The normalized spacial score (nSPS) is 10.8. The quantitative estimate of drug-likeness (QED) is 0.397. The van der Waals surface area contributed by atoms with Crippen molar-refractivity contribution in [3.05, 3.63) is 50.0 Å². The van der Waals surface area contributed by atoms with Crippen LogP contribution in [0.25, 0.3) is 0 Å². The lowest BCUT2D eigenvalue weighted by Crippen LogP contribution is -2.14. The van der Waals surface area contributed by atoms with E-state index in [2.05, 4.69) is 20.5 Å². The molecule has 0 amide bonds. The van der Waals surface area contributed by atoms with E-state index in [4.69, 9.17) is 23.8 Å². The Kier molecular flexibility index (Phi) is 3.98. The van der Waals surface area contributed by atoms with Crippen molar-refractivity contribution in [2.75, 3.05) is 5.43 Å². The minimum Gasteiger partial charge on any atom is -0.494 e. The van der Waals surface area contributed by atoms with Crippen LogP contribution in [0.3, 0.4) is 0 Å². The van der Waals surface area contributed by atoms with Gasteiger partial charge in [0.1, 0.15) is 5.56 Å². The van der Waals surface area contributed by atoms with E-state index in [1.54, 1.807) is 24.3 Å². The number of aromatic nitrogens is 2. The summed E-state index contributed by atoms with van der Waals surface area (Å²) in [6, 6.07) is 6.90. The van der Waals surface area contributed by atoms with E-state index in [9.17, 15) is 9.90 Å². The average molecular weight is 297 g/mol. The molecule has 1 aromatic carbocycles. The predicted molar refractivity (Wildman–Crippen MR) is 76.6 cm³/mol. The molecule has 1 heterocycles. The molecule has 0 atom stereocenters. The summed E-state index contributed by atoms with van der Waals surface area (Å²) in [5.74, 6) is -0.342. The van der Waals surface area contributed by atoms with Gasteiger partial charge in [0, 0.05) is 5.02 Å². The van der Waals surface area contributed by atoms with Crippen LogP contribution in [0.15, 0.2) is 34.2 Å². The van der Waals surface area contributed by atoms with E-state index in [0.717, 1.165) is 0 Å². The molecule has 2 aromatic rings. The van der Waals surface area contributed by atoms with Crippen molar-refractivity contribution < 1.29 is 5.11 Å². The van der Waals surface area contributed by atoms with Gasteiger partial charge < -0.3 is 10.1 Å². The Balaban J connectivity index is 2.20. The highest BCUT2D eigenvalue weighted by atomic mass is 35.5. The zero-order chi connectivity index (χ0) is 13.8. The lowest BCUT2D eigenvalue weighted by molar-refractivity contribution is 0.449. The number of rotatable bonds is 3. The van der Waals surface area contributed by atoms with E-state index in [-0.39, 0.29) is 16.2 Å². The van der Waals surface area contributed by atoms with Crippen molar-refractivity contribution in [3.63, 3.8) is 0 Å². The molecule has 8 heteroatoms. The number of benzene rings is 1. The van der Waals surface area contributed by atoms with Crippen LogP contribution in [0.4, 0.5) is 5.69 Å². The number of aromatic amines is 2. The van der Waals surface area contributed by atoms with E-state index >= 15 is 0 Å². The molecule has 0 bridgehead atoms. The first kappa shape index (κ1) is 13.3. The minimum atomic E-state index is -0.530. The molecule has 0 radical (unpaired) electrons. The maximum absolute atomic E-state index is 11.5. The molecule has 0 saturated carbocycles. The second kappa shape index (κ2) is 5.68. The zero-order valence-corrected chi connectivity index (χ0v) is 11.0. The zero-order valence-electron chi connectivity index (χ0n) is 9.48. The molecule has 0 unspecified atom stereocenters. The van der Waals surface area contributed by atoms with E-state index in [1.165, 1.54) is 6.21 Å². The Morgan fingerprint density at radius 2 is 2.21 bits per heavy atom. The maximum atomic E-state index is 11.5. The van der Waals surface area contributed by atoms with Crippen molar-refractivity contribution in [3.8, 4) is 5.88 Å². The highest BCUT2D eigenvalue weighted by Gasteiger charge is 2.03. The second-order valence-electron chi connectivity index (χ2n) is 3.55. The number of anilines is 1. The monoisotopic (exact) mass is 296 g/mol. The molecule has 1 aromatic heterocycles. The Bertz CT molecular complexity index is 738. The van der Waals surface area contributed by atoms with Gasteiger partial charge in [-0.25, -0.2) is 0 Å². The van der Waals surface area contributed by atoms with E-state index in [0.29, 0.717) is 10.7 Å². The number of halogens is 1. The minimum absolute atomic E-state index is 0.0249. The summed E-state index contributed by atoms with van der Waals surface area (Å²) in [4.78, 5) is 16.3. The number of hydrogen-bond donors (Lipinski definition) is 4. The first-order chi connectivity index (χ1) is 9.06. The summed E-state index contributed by atoms with van der Waals surface area (Å²) in [6.45, 7) is 0. The number of nitrogens with zero attached hydrogens (tertiary/aromatic N) is 1. The van der Waals surface area contributed by atoms with Gasteiger partial charge in [-0.15, -0.1) is 0 Å². The van der Waals surface area contributed by atoms with Gasteiger partial charge in [0.05, 0.1) is 11.9 Å². The van der Waals surface area contributed by atoms with Gasteiger partial charge in [-0.05, 0) is 30.4 Å². The lowest BCUT2D eigenvalue weighted by atomic mass is 10.3. The van der Waals surface area contributed by atoms with Crippen LogP contribution in [0.1, 0.15) is 5.56 Å². The fraction of sp³-hybridized carbons (Fsp3) is 0. The predicted octanol–water partition coefficient (Wildman–Crippen LogP) is 2.24. The summed E-state index contributed by atoms with van der Waals surface area (Å²) in [6.07, 6.45) is 1.18. The number of aromatic hydroxyl groups is 1. The molecular weight excluding hydrogens is 288 g/mol. The second-order valence-corrected chi connectivity index (χ2v) is 4.40. The van der Waals surface area contributed by atoms with Crippen LogP contribution in [0.2, 0.25) is 5.02 Å². The molecule has 0 aliphatic carbocycles. The molecular formula is C11H9ClN4O2S. The van der Waals surface area contributed by atoms with Gasteiger partial charge >= 0.3 is 0 Å². The van der Waals surface area contributed by atoms with Crippen LogP contribution in [-0.4, -0.2) is 21.3 Å². The van der Waals surface area contributed by atoms with Crippen LogP contribution < -0.4 is 11.0 Å². The van der Waals surface area contributed by atoms with Crippen LogP contribution in [0.5, 0.6) is 5.88 Å². The maximum Gasteiger partial charge on any atom is 0.264 e. The number of hydrazone groups is 1. The third-order valence-corrected chi connectivity index (χ3v) is 2.61. The van der Waals surface area contributed by atoms with E-state index in [1.807, 2.05) is 0 Å². The number of nitrogens with one attached hydrogen (secondary N) is 3. The lowest BCUT2D eigenvalue weighted by Gasteiger charge is -2.00. The molecule has 98 valence electrons. The van der Waals surface area contributed by atoms with Gasteiger partial charge in [-0.1, -0.05) is 17.7 Å². The Morgan fingerprint density at radius 1 is 1.42 bits per heavy atom. The van der Waals surface area contributed by atoms with Gasteiger partial charge in [0.25, 0.3) is 5.56 Å². The fourth-order valence-electron chi connectivity index (χ4n) is 1.33. The SMILES string of the molecule is O=c1[nH]c(=S)[nH]c(O)c1/C=N/Nc1cccc(Cl)c1. The van der Waals surface area contributed by atoms with Crippen molar-refractivity contribution in [1.82, 2.24) is 9.97 Å². The van der Waals surface area contributed by atoms with Crippen molar-refractivity contribution in [2.45, 2.75) is 0 Å². The molecule has 0 saturated heterocycles. The van der Waals surface area contributed by atoms with E-state index < -0.39 is 5.56 Å². The highest BCUT2D eigenvalue weighted by Crippen LogP contribution is 2.14. The average Bonchev–Trinajstić information content (AvgIpc) is 2.32. The van der Waals surface area contributed by atoms with Crippen LogP contribution >= 0.6 is 23.8 Å². The molecule has 0 spiro atoms. The molecule has 4 N–H and O–H groups in total. The Hall–Kier alpha value is -2.12. The van der Waals surface area contributed by atoms with Crippen molar-refractivity contribution in [2.24, 2.45) is 5.10 Å². The Morgan fingerprint density at radius 3 is 2.89 bits per heavy atom.